The van der Waals surface area contributed by atoms with Crippen LogP contribution < -0.4 is 15.4 Å². The third-order valence-electron chi connectivity index (χ3n) is 13.8. The molecular formula is C59H83N13O17. The zero-order valence-electron chi connectivity index (χ0n) is 50.6. The SMILES string of the molecule is COc1cnc(-n2cnc(C(=O)NC[C@H](O)CN(CCCNC(=O)CCOCCOCCOCCOCc3cn(CCOCCOCCOCCOCCC(C)=O)nn3)C(CO)CO)n2)c2[nH]cc(C(=O)C(=O)N3CCC(=C(C#N)c4ccccc4)CC3)c12. The molecule has 1 saturated heterocycles. The van der Waals surface area contributed by atoms with E-state index in [1.807, 2.05) is 30.3 Å². The van der Waals surface area contributed by atoms with Crippen molar-refractivity contribution < 1.29 is 81.9 Å². The van der Waals surface area contributed by atoms with Crippen LogP contribution in [0.25, 0.3) is 22.3 Å². The first-order valence-electron chi connectivity index (χ1n) is 29.6. The first-order chi connectivity index (χ1) is 43.4. The lowest BCUT2D eigenvalue weighted by Crippen LogP contribution is -2.48. The minimum atomic E-state index is -1.15. The molecule has 0 unspecified atom stereocenters. The van der Waals surface area contributed by atoms with Crippen molar-refractivity contribution in [2.45, 2.75) is 64.3 Å². The first-order valence-corrected chi connectivity index (χ1v) is 29.6. The fraction of sp³-hybridized carbons (Fsp3) is 0.576. The number of nitriles is 1. The van der Waals surface area contributed by atoms with Crippen LogP contribution in [0.4, 0.5) is 0 Å². The first kappa shape index (κ1) is 70.6. The summed E-state index contributed by atoms with van der Waals surface area (Å²) in [4.78, 5) is 78.8. The van der Waals surface area contributed by atoms with Crippen molar-refractivity contribution in [3.8, 4) is 17.6 Å². The maximum Gasteiger partial charge on any atom is 0.295 e. The van der Waals surface area contributed by atoms with Crippen LogP contribution in [0.2, 0.25) is 0 Å². The van der Waals surface area contributed by atoms with Gasteiger partial charge in [0.1, 0.15) is 23.6 Å². The lowest BCUT2D eigenvalue weighted by Gasteiger charge is -2.31. The van der Waals surface area contributed by atoms with Crippen molar-refractivity contribution in [1.29, 1.82) is 5.26 Å². The molecular weight excluding hydrogens is 1160 g/mol. The van der Waals surface area contributed by atoms with Gasteiger partial charge in [-0.2, -0.15) is 9.94 Å². The highest BCUT2D eigenvalue weighted by Crippen LogP contribution is 2.33. The number of hydrogen-bond acceptors (Lipinski definition) is 24. The minimum absolute atomic E-state index is 0.0404. The maximum atomic E-state index is 13.8. The summed E-state index contributed by atoms with van der Waals surface area (Å²) in [7, 11) is 1.40. The van der Waals surface area contributed by atoms with Crippen LogP contribution in [0.15, 0.2) is 60.8 Å². The fourth-order valence-corrected chi connectivity index (χ4v) is 9.11. The van der Waals surface area contributed by atoms with Gasteiger partial charge in [0.2, 0.25) is 11.7 Å². The molecule has 6 rings (SSSR count). The number of aromatic nitrogens is 8. The van der Waals surface area contributed by atoms with Crippen molar-refractivity contribution in [2.75, 3.05) is 159 Å². The molecule has 6 N–H and O–H groups in total. The second kappa shape index (κ2) is 40.2. The second-order valence-electron chi connectivity index (χ2n) is 20.3. The van der Waals surface area contributed by atoms with Crippen LogP contribution in [0.5, 0.6) is 5.75 Å². The standard InChI is InChI=1S/C59H83N13O17/c1-43(75)11-18-82-21-24-85-27-28-87-26-23-84-20-17-71-37-46(66-68-71)41-89-32-31-88-30-29-86-25-22-83-19-12-52(77)61-13-6-14-70(47(39-73)40-74)38-48(76)34-64-58(79)56-65-42-72(67-56)57-54-53(51(81-2)36-63-57)50(35-62-54)55(78)59(80)69-15-9-45(10-16-69)49(33-60)44-7-4-3-5-8-44/h3-5,7-8,35-37,42,47-48,62,73-74,76H,6,9-32,34,38-41H2,1-2H3,(H,61,77)(H,64,79)/t48-/m0/s1. The van der Waals surface area contributed by atoms with E-state index in [1.165, 1.54) is 42.3 Å². The highest BCUT2D eigenvalue weighted by Gasteiger charge is 2.31. The quantitative estimate of drug-likeness (QED) is 0.0134. The number of hydrogen-bond donors (Lipinski definition) is 6. The van der Waals surface area contributed by atoms with E-state index in [0.29, 0.717) is 129 Å². The summed E-state index contributed by atoms with van der Waals surface area (Å²) < 4.78 is 52.5. The number of pyridine rings is 1. The summed E-state index contributed by atoms with van der Waals surface area (Å²) in [5.41, 5.74) is 3.30. The van der Waals surface area contributed by atoms with Crippen molar-refractivity contribution in [3.63, 3.8) is 0 Å². The Morgan fingerprint density at radius 1 is 0.798 bits per heavy atom. The van der Waals surface area contributed by atoms with Crippen LogP contribution in [0.3, 0.4) is 0 Å². The summed E-state index contributed by atoms with van der Waals surface area (Å²) in [6.45, 7) is 8.13. The molecule has 1 aromatic carbocycles. The number of carbonyl (C=O) groups is 5. The Labute approximate surface area is 515 Å². The van der Waals surface area contributed by atoms with E-state index in [2.05, 4.69) is 47.1 Å². The average molecular weight is 1250 g/mol. The monoisotopic (exact) mass is 1250 g/mol. The lowest BCUT2D eigenvalue weighted by atomic mass is 9.93. The molecule has 1 atom stereocenters. The maximum absolute atomic E-state index is 13.8. The van der Waals surface area contributed by atoms with Crippen LogP contribution >= 0.6 is 0 Å². The van der Waals surface area contributed by atoms with Crippen molar-refractivity contribution in [3.05, 3.63) is 83.5 Å². The molecule has 30 heteroatoms. The topological polar surface area (TPSA) is 374 Å². The zero-order chi connectivity index (χ0) is 63.4. The molecule has 89 heavy (non-hydrogen) atoms. The molecule has 1 fully saturated rings. The van der Waals surface area contributed by atoms with Gasteiger partial charge in [-0.1, -0.05) is 35.5 Å². The Bertz CT molecular complexity index is 3010. The third kappa shape index (κ3) is 24.1. The normalized spacial score (nSPS) is 12.9. The number of H-pyrrole nitrogens is 1. The number of benzene rings is 1. The number of piperidine rings is 1. The van der Waals surface area contributed by atoms with E-state index < -0.39 is 43.0 Å². The Morgan fingerprint density at radius 3 is 2.03 bits per heavy atom. The summed E-state index contributed by atoms with van der Waals surface area (Å²) in [5, 5.41) is 59.0. The molecule has 0 aliphatic carbocycles. The van der Waals surface area contributed by atoms with E-state index in [0.717, 1.165) is 11.1 Å². The van der Waals surface area contributed by atoms with Gasteiger partial charge < -0.3 is 78.5 Å². The van der Waals surface area contributed by atoms with E-state index in [1.54, 1.807) is 15.8 Å². The smallest absolute Gasteiger partial charge is 0.295 e. The number of aliphatic hydroxyl groups excluding tert-OH is 3. The number of aliphatic hydroxyl groups is 3. The number of Topliss-reactive ketones (excluding diaryl/α,β-unsaturated/α-hetero) is 2. The molecule has 4 aromatic heterocycles. The number of fused-ring (bicyclic) bond motifs is 1. The Hall–Kier alpha value is -7.51. The van der Waals surface area contributed by atoms with Crippen LogP contribution in [0, 0.1) is 11.3 Å². The molecule has 5 aromatic rings. The van der Waals surface area contributed by atoms with Crippen LogP contribution in [-0.4, -0.2) is 265 Å². The van der Waals surface area contributed by atoms with Gasteiger partial charge in [-0.25, -0.2) is 14.6 Å². The molecule has 0 saturated carbocycles. The fourth-order valence-electron chi connectivity index (χ4n) is 9.11. The van der Waals surface area contributed by atoms with Gasteiger partial charge in [-0.3, -0.25) is 28.9 Å². The van der Waals surface area contributed by atoms with Gasteiger partial charge in [0.15, 0.2) is 5.82 Å². The van der Waals surface area contributed by atoms with Gasteiger partial charge in [0, 0.05) is 58.3 Å². The predicted molar refractivity (Wildman–Crippen MR) is 318 cm³/mol. The molecule has 3 amide bonds. The molecule has 0 bridgehead atoms. The zero-order valence-corrected chi connectivity index (χ0v) is 50.6. The number of nitrogens with one attached hydrogen (secondary N) is 3. The van der Waals surface area contributed by atoms with Gasteiger partial charge in [-0.15, -0.1) is 10.2 Å². The summed E-state index contributed by atoms with van der Waals surface area (Å²) in [6, 6.07) is 10.9. The summed E-state index contributed by atoms with van der Waals surface area (Å²) >= 11 is 0. The van der Waals surface area contributed by atoms with Gasteiger partial charge >= 0.3 is 0 Å². The average Bonchev–Trinajstić information content (AvgIpc) is 2.03. The molecule has 30 nitrogen and oxygen atoms in total. The number of amides is 3. The number of allylic oxidation sites excluding steroid dienone is 1. The Kier molecular flexibility index (Phi) is 31.9. The molecule has 0 radical (unpaired) electrons. The van der Waals surface area contributed by atoms with Crippen molar-refractivity contribution >= 4 is 45.8 Å². The van der Waals surface area contributed by atoms with E-state index in [4.69, 9.17) is 42.6 Å². The highest BCUT2D eigenvalue weighted by molar-refractivity contribution is 6.45. The van der Waals surface area contributed by atoms with Crippen LogP contribution in [0.1, 0.15) is 71.3 Å². The minimum Gasteiger partial charge on any atom is -0.494 e. The number of aromatic amines is 1. The predicted octanol–water partition coefficient (Wildman–Crippen LogP) is 0.481. The van der Waals surface area contributed by atoms with Crippen molar-refractivity contribution in [1.82, 2.24) is 60.2 Å². The number of ketones is 2. The highest BCUT2D eigenvalue weighted by atomic mass is 16.6. The van der Waals surface area contributed by atoms with E-state index in [-0.39, 0.29) is 111 Å². The number of carbonyl (C=O) groups excluding carboxylic acids is 5. The van der Waals surface area contributed by atoms with Gasteiger partial charge in [0.05, 0.1) is 185 Å². The number of methoxy groups -OCH3 is 1. The summed E-state index contributed by atoms with van der Waals surface area (Å²) in [5.74, 6) is -2.25. The number of ether oxygens (including phenoxy) is 9. The number of likely N-dealkylation sites (tertiary alicyclic amines) is 1. The van der Waals surface area contributed by atoms with Gasteiger partial charge in [0.25, 0.3) is 17.6 Å². The van der Waals surface area contributed by atoms with Gasteiger partial charge in [-0.05, 0) is 37.3 Å². The molecule has 0 spiro atoms. The molecule has 486 valence electrons. The number of nitrogens with zero attached hydrogens (tertiary/aromatic N) is 10. The van der Waals surface area contributed by atoms with Crippen molar-refractivity contribution in [2.24, 2.45) is 0 Å². The lowest BCUT2D eigenvalue weighted by molar-refractivity contribution is -0.127. The van der Waals surface area contributed by atoms with Crippen LogP contribution in [-0.2, 0) is 65.4 Å². The number of rotatable bonds is 46. The second-order valence-corrected chi connectivity index (χ2v) is 20.3. The summed E-state index contributed by atoms with van der Waals surface area (Å²) in [6.07, 6.45) is 6.47. The van der Waals surface area contributed by atoms with E-state index >= 15 is 0 Å². The molecule has 1 aliphatic rings. The Morgan fingerprint density at radius 2 is 1.42 bits per heavy atom. The van der Waals surface area contributed by atoms with E-state index in [9.17, 15) is 44.6 Å². The largest absolute Gasteiger partial charge is 0.494 e. The third-order valence-corrected chi connectivity index (χ3v) is 13.8. The molecule has 1 aliphatic heterocycles. The molecule has 5 heterocycles. The Balaban J connectivity index is 0.784.